The van der Waals surface area contributed by atoms with Crippen LogP contribution in [-0.2, 0) is 6.18 Å². The number of hydrogen-bond donors (Lipinski definition) is 1. The summed E-state index contributed by atoms with van der Waals surface area (Å²) in [6.07, 6.45) is 0.320. The molecule has 5 nitrogen and oxygen atoms in total. The molecular weight excluding hydrogens is 406 g/mol. The summed E-state index contributed by atoms with van der Waals surface area (Å²) < 4.78 is 43.3. The summed E-state index contributed by atoms with van der Waals surface area (Å²) in [4.78, 5) is 19.5. The second-order valence-electron chi connectivity index (χ2n) is 5.54. The molecule has 10 heteroatoms. The van der Waals surface area contributed by atoms with Crippen molar-refractivity contribution in [3.05, 3.63) is 51.9 Å². The van der Waals surface area contributed by atoms with Crippen LogP contribution in [0.25, 0.3) is 0 Å². The maximum Gasteiger partial charge on any atom is 0.416 e. The van der Waals surface area contributed by atoms with Gasteiger partial charge in [0.2, 0.25) is 5.88 Å². The number of unbranched alkanes of at least 4 members (excludes halogenated alkanes) is 2. The average molecular weight is 422 g/mol. The van der Waals surface area contributed by atoms with E-state index in [1.54, 1.807) is 0 Å². The summed E-state index contributed by atoms with van der Waals surface area (Å²) >= 11 is 11.5. The first-order valence-electron chi connectivity index (χ1n) is 8.02. The van der Waals surface area contributed by atoms with Crippen molar-refractivity contribution in [1.82, 2.24) is 15.3 Å². The maximum atomic E-state index is 12.7. The van der Waals surface area contributed by atoms with Crippen molar-refractivity contribution in [3.8, 4) is 5.88 Å². The van der Waals surface area contributed by atoms with Crippen LogP contribution in [0.15, 0.2) is 30.6 Å². The van der Waals surface area contributed by atoms with Crippen LogP contribution < -0.4 is 10.1 Å². The molecular formula is C17H16Cl2F3N3O2. The van der Waals surface area contributed by atoms with Gasteiger partial charge in [-0.25, -0.2) is 4.98 Å². The van der Waals surface area contributed by atoms with Gasteiger partial charge in [-0.15, -0.1) is 0 Å². The second kappa shape index (κ2) is 9.75. The zero-order valence-corrected chi connectivity index (χ0v) is 15.5. The van der Waals surface area contributed by atoms with Gasteiger partial charge in [0.1, 0.15) is 5.15 Å². The van der Waals surface area contributed by atoms with Crippen LogP contribution in [0.5, 0.6) is 5.88 Å². The van der Waals surface area contributed by atoms with E-state index in [1.165, 1.54) is 18.5 Å². The van der Waals surface area contributed by atoms with Crippen LogP contribution in [-0.4, -0.2) is 29.0 Å². The molecule has 0 radical (unpaired) electrons. The minimum atomic E-state index is -4.51. The largest absolute Gasteiger partial charge is 0.478 e. The minimum absolute atomic E-state index is 0.172. The number of amides is 1. The smallest absolute Gasteiger partial charge is 0.416 e. The Hall–Kier alpha value is -2.06. The Bertz CT molecular complexity index is 788. The molecule has 0 aliphatic rings. The van der Waals surface area contributed by atoms with Crippen molar-refractivity contribution >= 4 is 29.1 Å². The number of ether oxygens (including phenoxy) is 1. The summed E-state index contributed by atoms with van der Waals surface area (Å²) in [5, 5.41) is 2.76. The second-order valence-corrected chi connectivity index (χ2v) is 6.33. The van der Waals surface area contributed by atoms with E-state index in [4.69, 9.17) is 27.9 Å². The van der Waals surface area contributed by atoms with Crippen LogP contribution in [0.4, 0.5) is 13.2 Å². The molecule has 2 aromatic heterocycles. The van der Waals surface area contributed by atoms with E-state index in [0.29, 0.717) is 36.4 Å². The minimum Gasteiger partial charge on any atom is -0.478 e. The first-order valence-corrected chi connectivity index (χ1v) is 8.78. The number of rotatable bonds is 8. The molecule has 0 unspecified atom stereocenters. The van der Waals surface area contributed by atoms with Gasteiger partial charge in [0.05, 0.1) is 22.8 Å². The normalized spacial score (nSPS) is 11.3. The first-order chi connectivity index (χ1) is 12.8. The van der Waals surface area contributed by atoms with Gasteiger partial charge in [-0.05, 0) is 31.4 Å². The number of pyridine rings is 2. The molecule has 0 atom stereocenters. The fourth-order valence-electron chi connectivity index (χ4n) is 2.13. The Morgan fingerprint density at radius 1 is 1.19 bits per heavy atom. The summed E-state index contributed by atoms with van der Waals surface area (Å²) in [7, 11) is 0. The molecule has 0 bridgehead atoms. The Morgan fingerprint density at radius 3 is 2.67 bits per heavy atom. The number of alkyl halides is 3. The number of nitrogens with zero attached hydrogens (tertiary/aromatic N) is 2. The molecule has 0 fully saturated rings. The molecule has 146 valence electrons. The van der Waals surface area contributed by atoms with E-state index in [-0.39, 0.29) is 23.5 Å². The van der Waals surface area contributed by atoms with E-state index in [1.807, 2.05) is 0 Å². The molecule has 0 spiro atoms. The van der Waals surface area contributed by atoms with Gasteiger partial charge < -0.3 is 10.1 Å². The molecule has 0 aromatic carbocycles. The number of carbonyl (C=O) groups is 1. The number of carbonyl (C=O) groups excluding carboxylic acids is 1. The standard InChI is InChI=1S/C17H16Cl2F3N3O2/c18-13-4-6-23-10-12(13)16(26)24-5-2-1-3-7-27-15-9-11(17(20,21)22)8-14(19)25-15/h4,6,8-10H,1-3,5,7H2,(H,24,26). The Balaban J connectivity index is 1.67. The highest BCUT2D eigenvalue weighted by atomic mass is 35.5. The molecule has 27 heavy (non-hydrogen) atoms. The third-order valence-corrected chi connectivity index (χ3v) is 3.99. The summed E-state index contributed by atoms with van der Waals surface area (Å²) in [6, 6.07) is 3.08. The van der Waals surface area contributed by atoms with Gasteiger partial charge >= 0.3 is 6.18 Å². The molecule has 0 saturated heterocycles. The molecule has 2 heterocycles. The zero-order valence-electron chi connectivity index (χ0n) is 14.0. The first kappa shape index (κ1) is 21.2. The molecule has 2 rings (SSSR count). The Labute approximate surface area is 163 Å². The predicted molar refractivity (Wildman–Crippen MR) is 95.2 cm³/mol. The fraction of sp³-hybridized carbons (Fsp3) is 0.353. The van der Waals surface area contributed by atoms with E-state index in [9.17, 15) is 18.0 Å². The van der Waals surface area contributed by atoms with E-state index in [2.05, 4.69) is 15.3 Å². The molecule has 1 N–H and O–H groups in total. The van der Waals surface area contributed by atoms with Gasteiger partial charge in [-0.3, -0.25) is 9.78 Å². The highest BCUT2D eigenvalue weighted by Gasteiger charge is 2.31. The lowest BCUT2D eigenvalue weighted by Crippen LogP contribution is -2.24. The van der Waals surface area contributed by atoms with E-state index < -0.39 is 11.7 Å². The molecule has 1 amide bonds. The number of halogens is 5. The number of aromatic nitrogens is 2. The maximum absolute atomic E-state index is 12.7. The topological polar surface area (TPSA) is 64.1 Å². The van der Waals surface area contributed by atoms with Crippen molar-refractivity contribution in [2.45, 2.75) is 25.4 Å². The third-order valence-electron chi connectivity index (χ3n) is 3.47. The van der Waals surface area contributed by atoms with E-state index in [0.717, 1.165) is 12.1 Å². The van der Waals surface area contributed by atoms with Gasteiger partial charge in [0.15, 0.2) is 0 Å². The van der Waals surface area contributed by atoms with Crippen LogP contribution in [0.2, 0.25) is 10.2 Å². The lowest BCUT2D eigenvalue weighted by atomic mass is 10.2. The van der Waals surface area contributed by atoms with Crippen molar-refractivity contribution in [3.63, 3.8) is 0 Å². The van der Waals surface area contributed by atoms with Crippen LogP contribution in [0.1, 0.15) is 35.2 Å². The van der Waals surface area contributed by atoms with E-state index >= 15 is 0 Å². The Kier molecular flexibility index (Phi) is 7.67. The highest BCUT2D eigenvalue weighted by molar-refractivity contribution is 6.33. The van der Waals surface area contributed by atoms with Crippen LogP contribution >= 0.6 is 23.2 Å². The fourth-order valence-corrected chi connectivity index (χ4v) is 2.52. The van der Waals surface area contributed by atoms with Gasteiger partial charge in [-0.1, -0.05) is 23.2 Å². The van der Waals surface area contributed by atoms with Gasteiger partial charge in [0, 0.05) is 25.0 Å². The average Bonchev–Trinajstić information content (AvgIpc) is 2.60. The molecule has 0 saturated carbocycles. The molecule has 0 aliphatic carbocycles. The Morgan fingerprint density at radius 2 is 1.96 bits per heavy atom. The quantitative estimate of drug-likeness (QED) is 0.491. The lowest BCUT2D eigenvalue weighted by molar-refractivity contribution is -0.137. The molecule has 0 aliphatic heterocycles. The van der Waals surface area contributed by atoms with Gasteiger partial charge in [-0.2, -0.15) is 13.2 Å². The summed E-state index contributed by atoms with van der Waals surface area (Å²) in [6.45, 7) is 0.616. The third kappa shape index (κ3) is 6.88. The van der Waals surface area contributed by atoms with Crippen molar-refractivity contribution < 1.29 is 22.7 Å². The van der Waals surface area contributed by atoms with Crippen LogP contribution in [0.3, 0.4) is 0 Å². The zero-order chi connectivity index (χ0) is 19.9. The molecule has 2 aromatic rings. The highest BCUT2D eigenvalue weighted by Crippen LogP contribution is 2.32. The summed E-state index contributed by atoms with van der Waals surface area (Å²) in [5.41, 5.74) is -0.607. The van der Waals surface area contributed by atoms with Crippen LogP contribution in [0, 0.1) is 0 Å². The lowest BCUT2D eigenvalue weighted by Gasteiger charge is -2.10. The summed E-state index contributed by atoms with van der Waals surface area (Å²) in [5.74, 6) is -0.485. The SMILES string of the molecule is O=C(NCCCCCOc1cc(C(F)(F)F)cc(Cl)n1)c1cnccc1Cl. The number of nitrogens with one attached hydrogen (secondary N) is 1. The number of hydrogen-bond acceptors (Lipinski definition) is 4. The van der Waals surface area contributed by atoms with Crippen molar-refractivity contribution in [1.29, 1.82) is 0 Å². The van der Waals surface area contributed by atoms with Gasteiger partial charge in [0.25, 0.3) is 5.91 Å². The van der Waals surface area contributed by atoms with Crippen molar-refractivity contribution in [2.24, 2.45) is 0 Å². The predicted octanol–water partition coefficient (Wildman–Crippen LogP) is 4.78. The monoisotopic (exact) mass is 421 g/mol. The van der Waals surface area contributed by atoms with Crippen molar-refractivity contribution in [2.75, 3.05) is 13.2 Å².